The predicted octanol–water partition coefficient (Wildman–Crippen LogP) is 5.80. The van der Waals surface area contributed by atoms with Gasteiger partial charge in [-0.05, 0) is 38.5 Å². The van der Waals surface area contributed by atoms with Gasteiger partial charge in [-0.15, -0.1) is 0 Å². The van der Waals surface area contributed by atoms with Gasteiger partial charge in [0, 0.05) is 39.6 Å². The van der Waals surface area contributed by atoms with Gasteiger partial charge in [0.25, 0.3) is 0 Å². The maximum absolute atomic E-state index is 10.5. The second-order valence-corrected chi connectivity index (χ2v) is 12.3. The average molecular weight is 681 g/mol. The number of aliphatic hydroxyl groups is 2. The van der Waals surface area contributed by atoms with Gasteiger partial charge < -0.3 is 52.8 Å². The molecule has 0 radical (unpaired) electrons. The van der Waals surface area contributed by atoms with Crippen molar-refractivity contribution in [2.24, 2.45) is 0 Å². The molecule has 1 saturated heterocycles. The monoisotopic (exact) mass is 681 g/mol. The van der Waals surface area contributed by atoms with Gasteiger partial charge in [-0.25, -0.2) is 0 Å². The van der Waals surface area contributed by atoms with Crippen molar-refractivity contribution in [3.8, 4) is 0 Å². The molecule has 282 valence electrons. The molecule has 4 unspecified atom stereocenters. The minimum atomic E-state index is -0.990. The molecule has 0 aliphatic carbocycles. The highest BCUT2D eigenvalue weighted by molar-refractivity contribution is 4.93. The standard InChI is InChI=1S/C36H72O11/c1-7-13-20-39-28-30(40-21-14-8-2)32(42-23-16-10-4)35(45-26-19-37)47-36-34(44-25-18-12-6)33(43-24-17-11-5)31(29(27-38)46-36)41-22-15-9-3/h29-38H,7-28H2,1-6H3/t29?,30?,31-,32?,33-,34?,35+,36+/m1/s1. The van der Waals surface area contributed by atoms with E-state index in [2.05, 4.69) is 41.5 Å². The Labute approximate surface area is 286 Å². The Morgan fingerprint density at radius 2 is 1.06 bits per heavy atom. The third-order valence-electron chi connectivity index (χ3n) is 8.03. The van der Waals surface area contributed by atoms with Gasteiger partial charge in [-0.2, -0.15) is 0 Å². The number of aliphatic hydroxyl groups excluding tert-OH is 2. The van der Waals surface area contributed by atoms with Crippen LogP contribution in [0.2, 0.25) is 0 Å². The summed E-state index contributed by atoms with van der Waals surface area (Å²) in [4.78, 5) is 0. The second-order valence-electron chi connectivity index (χ2n) is 12.3. The lowest BCUT2D eigenvalue weighted by atomic mass is 9.98. The Balaban J connectivity index is 3.51. The fourth-order valence-corrected chi connectivity index (χ4v) is 5.09. The van der Waals surface area contributed by atoms with Crippen molar-refractivity contribution in [2.75, 3.05) is 66.1 Å². The largest absolute Gasteiger partial charge is 0.394 e. The molecule has 1 rings (SSSR count). The molecule has 2 N–H and O–H groups in total. The van der Waals surface area contributed by atoms with Crippen molar-refractivity contribution in [3.05, 3.63) is 0 Å². The molecule has 0 aromatic heterocycles. The number of hydrogen-bond acceptors (Lipinski definition) is 11. The van der Waals surface area contributed by atoms with Crippen LogP contribution in [0.4, 0.5) is 0 Å². The summed E-state index contributed by atoms with van der Waals surface area (Å²) in [6.45, 7) is 15.7. The van der Waals surface area contributed by atoms with Crippen LogP contribution in [0.1, 0.15) is 119 Å². The predicted molar refractivity (Wildman–Crippen MR) is 183 cm³/mol. The minimum absolute atomic E-state index is 0.0212. The van der Waals surface area contributed by atoms with Crippen molar-refractivity contribution in [1.82, 2.24) is 0 Å². The van der Waals surface area contributed by atoms with Crippen LogP contribution in [0.3, 0.4) is 0 Å². The van der Waals surface area contributed by atoms with Crippen molar-refractivity contribution in [3.63, 3.8) is 0 Å². The lowest BCUT2D eigenvalue weighted by Crippen LogP contribution is -2.63. The van der Waals surface area contributed by atoms with Gasteiger partial charge in [0.2, 0.25) is 0 Å². The van der Waals surface area contributed by atoms with E-state index in [9.17, 15) is 10.2 Å². The van der Waals surface area contributed by atoms with Gasteiger partial charge in [0.1, 0.15) is 36.6 Å². The molecule has 0 spiro atoms. The fourth-order valence-electron chi connectivity index (χ4n) is 5.09. The fraction of sp³-hybridized carbons (Fsp3) is 1.00. The first-order valence-electron chi connectivity index (χ1n) is 18.9. The molecule has 11 nitrogen and oxygen atoms in total. The zero-order valence-corrected chi connectivity index (χ0v) is 30.7. The van der Waals surface area contributed by atoms with E-state index in [4.69, 9.17) is 42.6 Å². The van der Waals surface area contributed by atoms with Crippen molar-refractivity contribution < 1.29 is 52.8 Å². The molecule has 1 aliphatic rings. The SMILES string of the molecule is CCCCOCC(OCCCC)C(OCCCC)[C@@H](OCCO)O[C@@H]1OC(CO)[C@@H](OCCCC)[C@@H](OCCCC)C1OCCCC. The quantitative estimate of drug-likeness (QED) is 0.0646. The van der Waals surface area contributed by atoms with Crippen molar-refractivity contribution in [1.29, 1.82) is 0 Å². The van der Waals surface area contributed by atoms with E-state index in [0.717, 1.165) is 77.0 Å². The number of unbranched alkanes of at least 4 members (excludes halogenated alkanes) is 6. The summed E-state index contributed by atoms with van der Waals surface area (Å²) in [5.41, 5.74) is 0. The lowest BCUT2D eigenvalue weighted by molar-refractivity contribution is -0.367. The van der Waals surface area contributed by atoms with Crippen LogP contribution in [0.15, 0.2) is 0 Å². The summed E-state index contributed by atoms with van der Waals surface area (Å²) < 4.78 is 57.6. The maximum atomic E-state index is 10.5. The molecular formula is C36H72O11. The Kier molecular flexibility index (Phi) is 28.8. The first-order chi connectivity index (χ1) is 23.1. The first-order valence-corrected chi connectivity index (χ1v) is 18.9. The molecule has 1 heterocycles. The number of hydrogen-bond donors (Lipinski definition) is 2. The number of ether oxygens (including phenoxy) is 9. The molecule has 0 amide bonds. The smallest absolute Gasteiger partial charge is 0.190 e. The zero-order chi connectivity index (χ0) is 34.5. The van der Waals surface area contributed by atoms with Gasteiger partial charge in [0.15, 0.2) is 12.6 Å². The molecule has 1 fully saturated rings. The molecule has 0 saturated carbocycles. The highest BCUT2D eigenvalue weighted by Crippen LogP contribution is 2.32. The highest BCUT2D eigenvalue weighted by atomic mass is 16.8. The second kappa shape index (κ2) is 30.4. The van der Waals surface area contributed by atoms with Gasteiger partial charge >= 0.3 is 0 Å². The summed E-state index contributed by atoms with van der Waals surface area (Å²) in [6, 6.07) is 0. The highest BCUT2D eigenvalue weighted by Gasteiger charge is 2.50. The minimum Gasteiger partial charge on any atom is -0.394 e. The Morgan fingerprint density at radius 3 is 1.62 bits per heavy atom. The van der Waals surface area contributed by atoms with E-state index in [1.54, 1.807) is 0 Å². The summed E-state index contributed by atoms with van der Waals surface area (Å²) in [7, 11) is 0. The van der Waals surface area contributed by atoms with Crippen LogP contribution in [0, 0.1) is 0 Å². The first kappa shape index (κ1) is 44.6. The summed E-state index contributed by atoms with van der Waals surface area (Å²) in [6.07, 6.45) is 5.59. The van der Waals surface area contributed by atoms with Crippen molar-refractivity contribution in [2.45, 2.75) is 168 Å². The topological polar surface area (TPSA) is 124 Å². The van der Waals surface area contributed by atoms with Crippen LogP contribution < -0.4 is 0 Å². The maximum Gasteiger partial charge on any atom is 0.190 e. The van der Waals surface area contributed by atoms with E-state index in [1.165, 1.54) is 0 Å². The van der Waals surface area contributed by atoms with Crippen LogP contribution in [-0.2, 0) is 42.6 Å². The van der Waals surface area contributed by atoms with E-state index in [1.807, 2.05) is 0 Å². The van der Waals surface area contributed by atoms with E-state index in [0.29, 0.717) is 46.2 Å². The summed E-state index contributed by atoms with van der Waals surface area (Å²) >= 11 is 0. The lowest BCUT2D eigenvalue weighted by Gasteiger charge is -2.47. The molecule has 8 atom stereocenters. The molecule has 1 aliphatic heterocycles. The van der Waals surface area contributed by atoms with Gasteiger partial charge in [-0.1, -0.05) is 80.1 Å². The number of rotatable bonds is 33. The van der Waals surface area contributed by atoms with E-state index >= 15 is 0 Å². The van der Waals surface area contributed by atoms with Gasteiger partial charge in [-0.3, -0.25) is 0 Å². The van der Waals surface area contributed by atoms with Gasteiger partial charge in [0.05, 0.1) is 26.4 Å². The van der Waals surface area contributed by atoms with Crippen LogP contribution in [0.25, 0.3) is 0 Å². The summed E-state index contributed by atoms with van der Waals surface area (Å²) in [5, 5.41) is 20.3. The molecular weight excluding hydrogens is 608 g/mol. The normalized spacial score (nSPS) is 23.6. The average Bonchev–Trinajstić information content (AvgIpc) is 3.08. The van der Waals surface area contributed by atoms with Crippen LogP contribution in [0.5, 0.6) is 0 Å². The van der Waals surface area contributed by atoms with E-state index in [-0.39, 0.29) is 19.8 Å². The summed E-state index contributed by atoms with van der Waals surface area (Å²) in [5.74, 6) is 0. The molecule has 0 bridgehead atoms. The Morgan fingerprint density at radius 1 is 0.553 bits per heavy atom. The molecule has 47 heavy (non-hydrogen) atoms. The third-order valence-corrected chi connectivity index (χ3v) is 8.03. The van der Waals surface area contributed by atoms with Crippen LogP contribution in [-0.4, -0.2) is 125 Å². The van der Waals surface area contributed by atoms with E-state index < -0.39 is 49.2 Å². The zero-order valence-electron chi connectivity index (χ0n) is 30.7. The Bertz CT molecular complexity index is 661. The van der Waals surface area contributed by atoms with Crippen LogP contribution >= 0.6 is 0 Å². The molecule has 11 heteroatoms. The Hall–Kier alpha value is -0.440. The van der Waals surface area contributed by atoms with Crippen molar-refractivity contribution >= 4 is 0 Å². The molecule has 0 aromatic rings. The third kappa shape index (κ3) is 18.4. The molecule has 0 aromatic carbocycles.